The van der Waals surface area contributed by atoms with Crippen LogP contribution >= 0.6 is 27.3 Å². The number of piperazine rings is 1. The first-order valence-electron chi connectivity index (χ1n) is 9.66. The molecular formula is C20H26BrN3O3S. The van der Waals surface area contributed by atoms with Crippen LogP contribution in [0.25, 0.3) is 10.2 Å². The number of ether oxygens (including phenoxy) is 2. The number of hydrogen-bond acceptors (Lipinski definition) is 6. The molecule has 2 atom stereocenters. The van der Waals surface area contributed by atoms with Crippen molar-refractivity contribution in [3.05, 3.63) is 16.6 Å². The number of aromatic nitrogens is 1. The van der Waals surface area contributed by atoms with Crippen molar-refractivity contribution in [2.75, 3.05) is 25.1 Å². The highest BCUT2D eigenvalue weighted by Crippen LogP contribution is 2.41. The molecule has 2 aromatic rings. The number of carbonyl (C=O) groups excluding carboxylic acids is 1. The van der Waals surface area contributed by atoms with Gasteiger partial charge in [-0.2, -0.15) is 0 Å². The minimum atomic E-state index is -0.474. The fourth-order valence-corrected chi connectivity index (χ4v) is 5.69. The highest BCUT2D eigenvalue weighted by atomic mass is 79.9. The number of anilines is 1. The summed E-state index contributed by atoms with van der Waals surface area (Å²) < 4.78 is 13.3. The molecule has 2 bridgehead atoms. The van der Waals surface area contributed by atoms with Gasteiger partial charge < -0.3 is 14.4 Å². The Morgan fingerprint density at radius 3 is 2.54 bits per heavy atom. The summed E-state index contributed by atoms with van der Waals surface area (Å²) in [6.07, 6.45) is 2.98. The van der Waals surface area contributed by atoms with Gasteiger partial charge in [-0.3, -0.25) is 4.90 Å². The lowest BCUT2D eigenvalue weighted by Crippen LogP contribution is -2.63. The second-order valence-electron chi connectivity index (χ2n) is 8.45. The molecule has 0 aliphatic carbocycles. The van der Waals surface area contributed by atoms with Crippen LogP contribution in [-0.2, 0) is 4.74 Å². The van der Waals surface area contributed by atoms with Gasteiger partial charge in [-0.15, -0.1) is 0 Å². The van der Waals surface area contributed by atoms with E-state index in [9.17, 15) is 4.79 Å². The van der Waals surface area contributed by atoms with Crippen molar-refractivity contribution in [1.82, 2.24) is 9.88 Å². The van der Waals surface area contributed by atoms with Crippen LogP contribution < -0.4 is 9.64 Å². The minimum absolute atomic E-state index is 0.166. The van der Waals surface area contributed by atoms with Gasteiger partial charge in [0.25, 0.3) is 0 Å². The standard InChI is InChI=1S/C20H26BrN3O3S/c1-20(2,3)27-19(25)24-12-6-5-7-13(24)11-23(10-12)18-22-16-15(26-4)9-8-14(21)17(16)28-18/h8-9,12-13H,5-7,10-11H2,1-4H3. The third-order valence-corrected chi connectivity index (χ3v) is 7.34. The van der Waals surface area contributed by atoms with E-state index >= 15 is 0 Å². The fraction of sp³-hybridized carbons (Fsp3) is 0.600. The molecule has 8 heteroatoms. The quantitative estimate of drug-likeness (QED) is 0.618. The summed E-state index contributed by atoms with van der Waals surface area (Å²) in [5.41, 5.74) is 0.412. The highest BCUT2D eigenvalue weighted by molar-refractivity contribution is 9.10. The van der Waals surface area contributed by atoms with Gasteiger partial charge >= 0.3 is 6.09 Å². The summed E-state index contributed by atoms with van der Waals surface area (Å²) in [5.74, 6) is 0.785. The van der Waals surface area contributed by atoms with Gasteiger partial charge in [0.1, 0.15) is 16.9 Å². The molecule has 152 valence electrons. The number of halogens is 1. The van der Waals surface area contributed by atoms with Crippen molar-refractivity contribution >= 4 is 48.7 Å². The zero-order valence-electron chi connectivity index (χ0n) is 16.7. The molecule has 1 aromatic carbocycles. The van der Waals surface area contributed by atoms with Crippen LogP contribution in [0.5, 0.6) is 5.75 Å². The van der Waals surface area contributed by atoms with Crippen LogP contribution in [0, 0.1) is 0 Å². The van der Waals surface area contributed by atoms with E-state index in [0.29, 0.717) is 0 Å². The average Bonchev–Trinajstić information content (AvgIpc) is 3.06. The summed E-state index contributed by atoms with van der Waals surface area (Å²) in [6.45, 7) is 7.33. The van der Waals surface area contributed by atoms with Gasteiger partial charge in [-0.25, -0.2) is 9.78 Å². The van der Waals surface area contributed by atoms with Crippen LogP contribution in [0.3, 0.4) is 0 Å². The van der Waals surface area contributed by atoms with E-state index in [-0.39, 0.29) is 18.2 Å². The number of thiazole rings is 1. The average molecular weight is 468 g/mol. The number of hydrogen-bond donors (Lipinski definition) is 0. The monoisotopic (exact) mass is 467 g/mol. The van der Waals surface area contributed by atoms with E-state index in [0.717, 1.165) is 57.9 Å². The second-order valence-corrected chi connectivity index (χ2v) is 10.3. The summed E-state index contributed by atoms with van der Waals surface area (Å²) in [5, 5.41) is 0.987. The smallest absolute Gasteiger partial charge is 0.410 e. The summed E-state index contributed by atoms with van der Waals surface area (Å²) in [4.78, 5) is 22.0. The Morgan fingerprint density at radius 2 is 1.93 bits per heavy atom. The second kappa shape index (κ2) is 7.37. The van der Waals surface area contributed by atoms with Gasteiger partial charge in [0.15, 0.2) is 5.13 Å². The highest BCUT2D eigenvalue weighted by Gasteiger charge is 2.42. The SMILES string of the molecule is COc1ccc(Br)c2sc(N3CC4CCCC(C3)N4C(=O)OC(C)(C)C)nc12. The Labute approximate surface area is 177 Å². The Bertz CT molecular complexity index is 881. The molecule has 2 fully saturated rings. The molecule has 0 N–H and O–H groups in total. The zero-order chi connectivity index (χ0) is 20.1. The topological polar surface area (TPSA) is 54.9 Å². The molecule has 2 aliphatic rings. The molecule has 28 heavy (non-hydrogen) atoms. The van der Waals surface area contributed by atoms with Crippen LogP contribution in [0.4, 0.5) is 9.93 Å². The van der Waals surface area contributed by atoms with Crippen LogP contribution in [-0.4, -0.2) is 53.9 Å². The van der Waals surface area contributed by atoms with Gasteiger partial charge in [0.2, 0.25) is 0 Å². The van der Waals surface area contributed by atoms with E-state index in [1.807, 2.05) is 37.8 Å². The summed E-state index contributed by atoms with van der Waals surface area (Å²) in [7, 11) is 1.67. The molecule has 4 rings (SSSR count). The van der Waals surface area contributed by atoms with Crippen molar-refractivity contribution in [3.63, 3.8) is 0 Å². The van der Waals surface area contributed by atoms with Gasteiger partial charge in [-0.05, 0) is 68.1 Å². The molecule has 2 saturated heterocycles. The van der Waals surface area contributed by atoms with E-state index in [1.165, 1.54) is 0 Å². The molecule has 2 aliphatic heterocycles. The lowest BCUT2D eigenvalue weighted by Gasteiger charge is -2.49. The normalized spacial score (nSPS) is 22.5. The van der Waals surface area contributed by atoms with Crippen LogP contribution in [0.15, 0.2) is 16.6 Å². The lowest BCUT2D eigenvalue weighted by molar-refractivity contribution is -0.00969. The number of fused-ring (bicyclic) bond motifs is 3. The van der Waals surface area contributed by atoms with Crippen molar-refractivity contribution in [2.24, 2.45) is 0 Å². The molecule has 0 spiro atoms. The lowest BCUT2D eigenvalue weighted by atomic mass is 9.92. The van der Waals surface area contributed by atoms with E-state index in [2.05, 4.69) is 20.8 Å². The van der Waals surface area contributed by atoms with Gasteiger partial charge in [0, 0.05) is 17.6 Å². The molecule has 1 aromatic heterocycles. The third kappa shape index (κ3) is 3.68. The van der Waals surface area contributed by atoms with E-state index in [4.69, 9.17) is 14.5 Å². The Kier molecular flexibility index (Phi) is 5.20. The maximum atomic E-state index is 12.8. The summed E-state index contributed by atoms with van der Waals surface area (Å²) in [6, 6.07) is 4.27. The number of rotatable bonds is 2. The predicted octanol–water partition coefficient (Wildman–Crippen LogP) is 5.05. The Hall–Kier alpha value is -1.54. The number of methoxy groups -OCH3 is 1. The first-order chi connectivity index (χ1) is 13.3. The zero-order valence-corrected chi connectivity index (χ0v) is 19.1. The molecule has 3 heterocycles. The summed E-state index contributed by atoms with van der Waals surface area (Å²) >= 11 is 5.30. The van der Waals surface area contributed by atoms with E-state index in [1.54, 1.807) is 18.4 Å². The van der Waals surface area contributed by atoms with Crippen molar-refractivity contribution in [3.8, 4) is 5.75 Å². The first-order valence-corrected chi connectivity index (χ1v) is 11.3. The number of nitrogens with zero attached hydrogens (tertiary/aromatic N) is 3. The van der Waals surface area contributed by atoms with Crippen LogP contribution in [0.2, 0.25) is 0 Å². The fourth-order valence-electron chi connectivity index (χ4n) is 4.12. The Balaban J connectivity index is 1.60. The molecule has 1 amide bonds. The Morgan fingerprint density at radius 1 is 1.25 bits per heavy atom. The molecule has 0 saturated carbocycles. The first kappa shape index (κ1) is 19.8. The number of benzene rings is 1. The van der Waals surface area contributed by atoms with Crippen LogP contribution in [0.1, 0.15) is 40.0 Å². The molecule has 2 unspecified atom stereocenters. The van der Waals surface area contributed by atoms with Crippen molar-refractivity contribution < 1.29 is 14.3 Å². The van der Waals surface area contributed by atoms with Crippen molar-refractivity contribution in [1.29, 1.82) is 0 Å². The number of carbonyl (C=O) groups is 1. The van der Waals surface area contributed by atoms with Crippen molar-refractivity contribution in [2.45, 2.75) is 57.7 Å². The third-order valence-electron chi connectivity index (χ3n) is 5.27. The maximum Gasteiger partial charge on any atom is 0.410 e. The molecule has 0 radical (unpaired) electrons. The number of piperidine rings is 1. The molecular weight excluding hydrogens is 442 g/mol. The van der Waals surface area contributed by atoms with E-state index < -0.39 is 5.60 Å². The predicted molar refractivity (Wildman–Crippen MR) is 116 cm³/mol. The maximum absolute atomic E-state index is 12.8. The molecule has 6 nitrogen and oxygen atoms in total. The minimum Gasteiger partial charge on any atom is -0.494 e. The van der Waals surface area contributed by atoms with Gasteiger partial charge in [0.05, 0.1) is 23.9 Å². The largest absolute Gasteiger partial charge is 0.494 e. The number of amides is 1. The van der Waals surface area contributed by atoms with Gasteiger partial charge in [-0.1, -0.05) is 11.3 Å².